The highest BCUT2D eigenvalue weighted by Crippen LogP contribution is 2.06. The Balaban J connectivity index is 4.14. The maximum Gasteiger partial charge on any atom is 0.303 e. The Morgan fingerprint density at radius 2 is 1.83 bits per heavy atom. The van der Waals surface area contributed by atoms with Crippen molar-refractivity contribution >= 4 is 39.7 Å². The summed E-state index contributed by atoms with van der Waals surface area (Å²) in [4.78, 5) is 31.1. The molecule has 0 radical (unpaired) electrons. The molecule has 1 atom stereocenters. The van der Waals surface area contributed by atoms with Crippen LogP contribution in [-0.4, -0.2) is 22.6 Å². The maximum atomic E-state index is 10.5. The highest BCUT2D eigenvalue weighted by atomic mass is 35.5. The summed E-state index contributed by atoms with van der Waals surface area (Å²) < 4.78 is 4.40. The van der Waals surface area contributed by atoms with Gasteiger partial charge in [0.05, 0.1) is 6.42 Å². The van der Waals surface area contributed by atoms with Crippen molar-refractivity contribution in [1.82, 2.24) is 0 Å². The van der Waals surface area contributed by atoms with Crippen LogP contribution in [-0.2, 0) is 19.1 Å². The van der Waals surface area contributed by atoms with Crippen LogP contribution in [0, 0.1) is 0 Å². The van der Waals surface area contributed by atoms with Crippen molar-refractivity contribution in [3.05, 3.63) is 0 Å². The molecule has 4 nitrogen and oxygen atoms in total. The number of carbonyl (C=O) groups excluding carboxylic acids is 3. The second-order valence-corrected chi connectivity index (χ2v) is 2.76. The molecule has 0 fully saturated rings. The van der Waals surface area contributed by atoms with Gasteiger partial charge in [-0.1, -0.05) is 0 Å². The van der Waals surface area contributed by atoms with E-state index in [4.69, 9.17) is 23.2 Å². The Hall–Kier alpha value is -0.610. The van der Waals surface area contributed by atoms with Crippen LogP contribution >= 0.6 is 23.2 Å². The molecular formula is C6H6Cl2O4. The van der Waals surface area contributed by atoms with Gasteiger partial charge >= 0.3 is 5.97 Å². The minimum Gasteiger partial charge on any atom is -0.453 e. The first-order valence-corrected chi connectivity index (χ1v) is 3.74. The largest absolute Gasteiger partial charge is 0.453 e. The van der Waals surface area contributed by atoms with Gasteiger partial charge in [0.25, 0.3) is 5.24 Å². The maximum absolute atomic E-state index is 10.5. The normalized spacial score (nSPS) is 11.9. The van der Waals surface area contributed by atoms with Crippen molar-refractivity contribution in [2.45, 2.75) is 19.4 Å². The van der Waals surface area contributed by atoms with E-state index in [0.29, 0.717) is 0 Å². The minimum absolute atomic E-state index is 0.399. The van der Waals surface area contributed by atoms with Crippen molar-refractivity contribution in [2.24, 2.45) is 0 Å². The van der Waals surface area contributed by atoms with Crippen LogP contribution in [0.1, 0.15) is 13.3 Å². The second kappa shape index (κ2) is 5.11. The average Bonchev–Trinajstić information content (AvgIpc) is 1.83. The SMILES string of the molecule is CC(=O)O[C@@H](CC(=O)Cl)C(=O)Cl. The third kappa shape index (κ3) is 5.09. The van der Waals surface area contributed by atoms with E-state index in [1.807, 2.05) is 0 Å². The van der Waals surface area contributed by atoms with E-state index >= 15 is 0 Å². The van der Waals surface area contributed by atoms with E-state index in [-0.39, 0.29) is 0 Å². The molecule has 0 N–H and O–H groups in total. The number of ether oxygens (including phenoxy) is 1. The molecule has 0 aromatic carbocycles. The lowest BCUT2D eigenvalue weighted by Crippen LogP contribution is -2.24. The van der Waals surface area contributed by atoms with E-state index < -0.39 is 29.0 Å². The smallest absolute Gasteiger partial charge is 0.303 e. The van der Waals surface area contributed by atoms with Crippen LogP contribution in [0.25, 0.3) is 0 Å². The Morgan fingerprint density at radius 3 is 2.08 bits per heavy atom. The molecular weight excluding hydrogens is 207 g/mol. The third-order valence-corrected chi connectivity index (χ3v) is 1.30. The van der Waals surface area contributed by atoms with Gasteiger partial charge in [0.15, 0.2) is 6.10 Å². The fraction of sp³-hybridized carbons (Fsp3) is 0.500. The van der Waals surface area contributed by atoms with Gasteiger partial charge in [-0.15, -0.1) is 0 Å². The van der Waals surface area contributed by atoms with E-state index in [1.165, 1.54) is 0 Å². The lowest BCUT2D eigenvalue weighted by molar-refractivity contribution is -0.151. The van der Waals surface area contributed by atoms with Crippen LogP contribution in [0.15, 0.2) is 0 Å². The molecule has 0 unspecified atom stereocenters. The molecule has 0 amide bonds. The molecule has 0 heterocycles. The number of hydrogen-bond acceptors (Lipinski definition) is 4. The molecule has 0 saturated carbocycles. The van der Waals surface area contributed by atoms with Gasteiger partial charge in [-0.25, -0.2) is 0 Å². The molecule has 0 aliphatic rings. The molecule has 0 aliphatic carbocycles. The summed E-state index contributed by atoms with van der Waals surface area (Å²) in [6.07, 6.45) is -1.67. The lowest BCUT2D eigenvalue weighted by Gasteiger charge is -2.09. The topological polar surface area (TPSA) is 60.4 Å². The van der Waals surface area contributed by atoms with Gasteiger partial charge in [0.1, 0.15) is 0 Å². The average molecular weight is 213 g/mol. The van der Waals surface area contributed by atoms with E-state index in [2.05, 4.69) is 4.74 Å². The van der Waals surface area contributed by atoms with Crippen LogP contribution in [0.3, 0.4) is 0 Å². The van der Waals surface area contributed by atoms with E-state index in [0.717, 1.165) is 6.92 Å². The van der Waals surface area contributed by atoms with Gasteiger partial charge < -0.3 is 4.74 Å². The zero-order valence-electron chi connectivity index (χ0n) is 6.17. The first kappa shape index (κ1) is 11.4. The highest BCUT2D eigenvalue weighted by molar-refractivity contribution is 6.66. The first-order chi connectivity index (χ1) is 5.43. The quantitative estimate of drug-likeness (QED) is 0.512. The molecule has 68 valence electrons. The Morgan fingerprint density at radius 1 is 1.33 bits per heavy atom. The molecule has 0 saturated heterocycles. The van der Waals surface area contributed by atoms with Crippen molar-refractivity contribution in [3.63, 3.8) is 0 Å². The fourth-order valence-electron chi connectivity index (χ4n) is 0.514. The van der Waals surface area contributed by atoms with Gasteiger partial charge in [0.2, 0.25) is 5.24 Å². The Labute approximate surface area is 78.8 Å². The van der Waals surface area contributed by atoms with Crippen LogP contribution in [0.2, 0.25) is 0 Å². The number of hydrogen-bond donors (Lipinski definition) is 0. The van der Waals surface area contributed by atoms with Crippen molar-refractivity contribution in [1.29, 1.82) is 0 Å². The minimum atomic E-state index is -1.27. The molecule has 0 aromatic heterocycles. The van der Waals surface area contributed by atoms with Crippen molar-refractivity contribution in [2.75, 3.05) is 0 Å². The molecule has 0 rings (SSSR count). The summed E-state index contributed by atoms with van der Waals surface area (Å²) in [5.41, 5.74) is 0. The predicted octanol–water partition coefficient (Wildman–Crippen LogP) is 0.839. The Kier molecular flexibility index (Phi) is 4.85. The van der Waals surface area contributed by atoms with Gasteiger partial charge in [-0.3, -0.25) is 14.4 Å². The number of esters is 1. The number of rotatable bonds is 4. The van der Waals surface area contributed by atoms with Crippen LogP contribution < -0.4 is 0 Å². The van der Waals surface area contributed by atoms with Crippen molar-refractivity contribution < 1.29 is 19.1 Å². The molecule has 6 heteroatoms. The van der Waals surface area contributed by atoms with Gasteiger partial charge in [0, 0.05) is 6.92 Å². The molecule has 0 bridgehead atoms. The summed E-state index contributed by atoms with van der Waals surface area (Å²) in [6.45, 7) is 1.10. The summed E-state index contributed by atoms with van der Waals surface area (Å²) >= 11 is 9.96. The zero-order chi connectivity index (χ0) is 9.72. The Bertz CT molecular complexity index is 198. The molecule has 0 aromatic rings. The monoisotopic (exact) mass is 212 g/mol. The summed E-state index contributed by atoms with van der Waals surface area (Å²) in [7, 11) is 0. The summed E-state index contributed by atoms with van der Waals surface area (Å²) in [5, 5.41) is -1.70. The first-order valence-electron chi connectivity index (χ1n) is 2.98. The third-order valence-electron chi connectivity index (χ3n) is 0.907. The van der Waals surface area contributed by atoms with E-state index in [9.17, 15) is 14.4 Å². The van der Waals surface area contributed by atoms with Crippen LogP contribution in [0.5, 0.6) is 0 Å². The van der Waals surface area contributed by atoms with Gasteiger partial charge in [-0.05, 0) is 23.2 Å². The fourth-order valence-corrected chi connectivity index (χ4v) is 0.776. The summed E-state index contributed by atoms with van der Waals surface area (Å²) in [6, 6.07) is 0. The van der Waals surface area contributed by atoms with E-state index in [1.54, 1.807) is 0 Å². The molecule has 0 aliphatic heterocycles. The van der Waals surface area contributed by atoms with Crippen molar-refractivity contribution in [3.8, 4) is 0 Å². The highest BCUT2D eigenvalue weighted by Gasteiger charge is 2.21. The lowest BCUT2D eigenvalue weighted by atomic mass is 10.3. The second-order valence-electron chi connectivity index (χ2n) is 1.96. The molecule has 0 spiro atoms. The van der Waals surface area contributed by atoms with Crippen LogP contribution in [0.4, 0.5) is 0 Å². The van der Waals surface area contributed by atoms with Gasteiger partial charge in [-0.2, -0.15) is 0 Å². The predicted molar refractivity (Wildman–Crippen MR) is 41.9 cm³/mol. The summed E-state index contributed by atoms with van der Waals surface area (Å²) in [5.74, 6) is -0.688. The standard InChI is InChI=1S/C6H6Cl2O4/c1-3(9)12-4(6(8)11)2-5(7)10/h4H,2H2,1H3/t4-/m0/s1. The number of carbonyl (C=O) groups is 3. The molecule has 12 heavy (non-hydrogen) atoms. The zero-order valence-corrected chi connectivity index (χ0v) is 7.69. The number of halogens is 2.